The summed E-state index contributed by atoms with van der Waals surface area (Å²) in [7, 11) is 0. The highest BCUT2D eigenvalue weighted by molar-refractivity contribution is 5.76. The minimum atomic E-state index is -0.930. The standard InChI is InChI=1S/C12H13N3O2/c13-6-11(12(16)17)9-7-14-15(8-9)10-4-2-1-3-5-10/h1-5,7-8,11H,6,13H2,(H,16,17). The predicted molar refractivity (Wildman–Crippen MR) is 63.0 cm³/mol. The highest BCUT2D eigenvalue weighted by Crippen LogP contribution is 2.16. The fourth-order valence-electron chi connectivity index (χ4n) is 1.62. The van der Waals surface area contributed by atoms with E-state index in [0.29, 0.717) is 5.56 Å². The fraction of sp³-hybridized carbons (Fsp3) is 0.167. The van der Waals surface area contributed by atoms with E-state index in [4.69, 9.17) is 10.8 Å². The van der Waals surface area contributed by atoms with Gasteiger partial charge in [0, 0.05) is 18.3 Å². The van der Waals surface area contributed by atoms with Crippen molar-refractivity contribution < 1.29 is 9.90 Å². The Morgan fingerprint density at radius 2 is 2.12 bits per heavy atom. The zero-order valence-electron chi connectivity index (χ0n) is 9.15. The zero-order valence-corrected chi connectivity index (χ0v) is 9.15. The van der Waals surface area contributed by atoms with Crippen molar-refractivity contribution in [3.05, 3.63) is 48.3 Å². The molecule has 3 N–H and O–H groups in total. The third-order valence-electron chi connectivity index (χ3n) is 2.56. The molecule has 5 nitrogen and oxygen atoms in total. The summed E-state index contributed by atoms with van der Waals surface area (Å²) < 4.78 is 1.64. The van der Waals surface area contributed by atoms with Crippen molar-refractivity contribution >= 4 is 5.97 Å². The van der Waals surface area contributed by atoms with Gasteiger partial charge in [-0.25, -0.2) is 4.68 Å². The van der Waals surface area contributed by atoms with E-state index in [1.165, 1.54) is 0 Å². The SMILES string of the molecule is NCC(C(=O)O)c1cnn(-c2ccccc2)c1. The number of rotatable bonds is 4. The number of aliphatic carboxylic acids is 1. The van der Waals surface area contributed by atoms with Gasteiger partial charge < -0.3 is 10.8 Å². The lowest BCUT2D eigenvalue weighted by Crippen LogP contribution is -2.20. The first kappa shape index (κ1) is 11.3. The normalized spacial score (nSPS) is 12.3. The van der Waals surface area contributed by atoms with Crippen LogP contribution in [0.15, 0.2) is 42.7 Å². The molecule has 0 saturated carbocycles. The van der Waals surface area contributed by atoms with Crippen LogP contribution in [0.1, 0.15) is 11.5 Å². The Morgan fingerprint density at radius 1 is 1.41 bits per heavy atom. The fourth-order valence-corrected chi connectivity index (χ4v) is 1.62. The van der Waals surface area contributed by atoms with E-state index in [1.807, 2.05) is 30.3 Å². The Morgan fingerprint density at radius 3 is 2.71 bits per heavy atom. The maximum Gasteiger partial charge on any atom is 0.312 e. The molecule has 0 amide bonds. The van der Waals surface area contributed by atoms with Crippen LogP contribution in [0.5, 0.6) is 0 Å². The third-order valence-corrected chi connectivity index (χ3v) is 2.56. The van der Waals surface area contributed by atoms with Gasteiger partial charge in [0.1, 0.15) is 0 Å². The summed E-state index contributed by atoms with van der Waals surface area (Å²) in [6.45, 7) is 0.0653. The summed E-state index contributed by atoms with van der Waals surface area (Å²) in [4.78, 5) is 11.0. The average Bonchev–Trinajstić information content (AvgIpc) is 2.80. The van der Waals surface area contributed by atoms with Crippen molar-refractivity contribution in [3.63, 3.8) is 0 Å². The van der Waals surface area contributed by atoms with Crippen LogP contribution >= 0.6 is 0 Å². The van der Waals surface area contributed by atoms with Crippen LogP contribution in [-0.4, -0.2) is 27.4 Å². The number of carboxylic acid groups (broad SMARTS) is 1. The van der Waals surface area contributed by atoms with Gasteiger partial charge in [-0.15, -0.1) is 0 Å². The maximum absolute atomic E-state index is 11.0. The minimum Gasteiger partial charge on any atom is -0.481 e. The van der Waals surface area contributed by atoms with Gasteiger partial charge in [0.25, 0.3) is 0 Å². The summed E-state index contributed by atoms with van der Waals surface area (Å²) in [5.74, 6) is -1.63. The summed E-state index contributed by atoms with van der Waals surface area (Å²) in [5.41, 5.74) is 6.94. The van der Waals surface area contributed by atoms with Crippen molar-refractivity contribution in [1.29, 1.82) is 0 Å². The van der Waals surface area contributed by atoms with Crippen LogP contribution in [-0.2, 0) is 4.79 Å². The van der Waals surface area contributed by atoms with Gasteiger partial charge in [0.2, 0.25) is 0 Å². The van der Waals surface area contributed by atoms with E-state index in [-0.39, 0.29) is 6.54 Å². The molecule has 1 unspecified atom stereocenters. The number of nitrogens with two attached hydrogens (primary N) is 1. The monoisotopic (exact) mass is 231 g/mol. The molecule has 0 spiro atoms. The third kappa shape index (κ3) is 2.34. The molecule has 2 rings (SSSR count). The van der Waals surface area contributed by atoms with E-state index in [9.17, 15) is 4.79 Å². The molecule has 0 fully saturated rings. The number of benzene rings is 1. The number of aromatic nitrogens is 2. The van der Waals surface area contributed by atoms with E-state index in [2.05, 4.69) is 5.10 Å². The number of hydrogen-bond donors (Lipinski definition) is 2. The van der Waals surface area contributed by atoms with Gasteiger partial charge >= 0.3 is 5.97 Å². The van der Waals surface area contributed by atoms with Crippen LogP contribution in [0.3, 0.4) is 0 Å². The lowest BCUT2D eigenvalue weighted by Gasteiger charge is -2.05. The Bertz CT molecular complexity index is 507. The molecule has 2 aromatic rings. The molecule has 0 aliphatic rings. The van der Waals surface area contributed by atoms with Crippen LogP contribution < -0.4 is 5.73 Å². The van der Waals surface area contributed by atoms with Gasteiger partial charge in [-0.05, 0) is 12.1 Å². The van der Waals surface area contributed by atoms with Crippen LogP contribution in [0.2, 0.25) is 0 Å². The molecular weight excluding hydrogens is 218 g/mol. The maximum atomic E-state index is 11.0. The number of para-hydroxylation sites is 1. The van der Waals surface area contributed by atoms with Crippen molar-refractivity contribution in [3.8, 4) is 5.69 Å². The zero-order chi connectivity index (χ0) is 12.3. The van der Waals surface area contributed by atoms with Crippen LogP contribution in [0.25, 0.3) is 5.69 Å². The second kappa shape index (κ2) is 4.80. The Hall–Kier alpha value is -2.14. The van der Waals surface area contributed by atoms with E-state index >= 15 is 0 Å². The molecule has 0 radical (unpaired) electrons. The minimum absolute atomic E-state index is 0.0653. The van der Waals surface area contributed by atoms with Gasteiger partial charge in [-0.1, -0.05) is 18.2 Å². The molecule has 0 aliphatic carbocycles. The Balaban J connectivity index is 2.30. The molecule has 0 aliphatic heterocycles. The summed E-state index contributed by atoms with van der Waals surface area (Å²) in [6.07, 6.45) is 3.24. The smallest absolute Gasteiger partial charge is 0.312 e. The predicted octanol–water partition coefficient (Wildman–Crippen LogP) is 0.999. The first-order valence-electron chi connectivity index (χ1n) is 5.25. The second-order valence-electron chi connectivity index (χ2n) is 3.68. The molecule has 1 atom stereocenters. The average molecular weight is 231 g/mol. The van der Waals surface area contributed by atoms with Gasteiger partial charge in [-0.3, -0.25) is 4.79 Å². The lowest BCUT2D eigenvalue weighted by atomic mass is 10.0. The van der Waals surface area contributed by atoms with E-state index < -0.39 is 11.9 Å². The lowest BCUT2D eigenvalue weighted by molar-refractivity contribution is -0.138. The largest absolute Gasteiger partial charge is 0.481 e. The number of nitrogens with zero attached hydrogens (tertiary/aromatic N) is 2. The molecule has 1 heterocycles. The highest BCUT2D eigenvalue weighted by Gasteiger charge is 2.19. The van der Waals surface area contributed by atoms with Crippen molar-refractivity contribution in [2.75, 3.05) is 6.54 Å². The van der Waals surface area contributed by atoms with Gasteiger partial charge in [0.05, 0.1) is 17.8 Å². The van der Waals surface area contributed by atoms with Crippen LogP contribution in [0, 0.1) is 0 Å². The number of carbonyl (C=O) groups is 1. The van der Waals surface area contributed by atoms with E-state index in [1.54, 1.807) is 17.1 Å². The highest BCUT2D eigenvalue weighted by atomic mass is 16.4. The molecule has 0 saturated heterocycles. The van der Waals surface area contributed by atoms with Gasteiger partial charge in [0.15, 0.2) is 0 Å². The van der Waals surface area contributed by atoms with Crippen molar-refractivity contribution in [2.45, 2.75) is 5.92 Å². The van der Waals surface area contributed by atoms with Crippen molar-refractivity contribution in [1.82, 2.24) is 9.78 Å². The van der Waals surface area contributed by atoms with E-state index in [0.717, 1.165) is 5.69 Å². The number of hydrogen-bond acceptors (Lipinski definition) is 3. The van der Waals surface area contributed by atoms with Crippen LogP contribution in [0.4, 0.5) is 0 Å². The van der Waals surface area contributed by atoms with Crippen molar-refractivity contribution in [2.24, 2.45) is 5.73 Å². The summed E-state index contributed by atoms with van der Waals surface area (Å²) in [5, 5.41) is 13.1. The number of carboxylic acids is 1. The molecule has 88 valence electrons. The molecule has 1 aromatic heterocycles. The first-order valence-corrected chi connectivity index (χ1v) is 5.25. The first-order chi connectivity index (χ1) is 8.22. The molecule has 17 heavy (non-hydrogen) atoms. The summed E-state index contributed by atoms with van der Waals surface area (Å²) in [6, 6.07) is 9.50. The quantitative estimate of drug-likeness (QED) is 0.822. The summed E-state index contributed by atoms with van der Waals surface area (Å²) >= 11 is 0. The molecular formula is C12H13N3O2. The Kier molecular flexibility index (Phi) is 3.20. The molecule has 1 aromatic carbocycles. The topological polar surface area (TPSA) is 81.1 Å². The second-order valence-corrected chi connectivity index (χ2v) is 3.68. The molecule has 0 bridgehead atoms. The molecule has 5 heteroatoms. The Labute approximate surface area is 98.5 Å². The van der Waals surface area contributed by atoms with Gasteiger partial charge in [-0.2, -0.15) is 5.10 Å².